The normalized spacial score (nSPS) is 11.6. The van der Waals surface area contributed by atoms with Crippen LogP contribution in [-0.2, 0) is 16.1 Å². The monoisotopic (exact) mass is 362 g/mol. The summed E-state index contributed by atoms with van der Waals surface area (Å²) >= 11 is 0. The summed E-state index contributed by atoms with van der Waals surface area (Å²) < 4.78 is 12.7. The molecule has 6 nitrogen and oxygen atoms in total. The van der Waals surface area contributed by atoms with Crippen LogP contribution in [0.2, 0.25) is 0 Å². The summed E-state index contributed by atoms with van der Waals surface area (Å²) in [6.07, 6.45) is 2.78. The third-order valence-corrected chi connectivity index (χ3v) is 4.15. The molecule has 2 heterocycles. The molecule has 0 aliphatic carbocycles. The molecule has 0 aliphatic rings. The minimum atomic E-state index is -0.823. The Morgan fingerprint density at radius 1 is 1.19 bits per heavy atom. The lowest BCUT2D eigenvalue weighted by atomic mass is 10.1. The number of nitriles is 1. The molecule has 0 saturated carbocycles. The van der Waals surface area contributed by atoms with Crippen molar-refractivity contribution in [3.8, 4) is 11.8 Å². The number of pyridine rings is 1. The van der Waals surface area contributed by atoms with Gasteiger partial charge < -0.3 is 13.9 Å². The summed E-state index contributed by atoms with van der Waals surface area (Å²) in [5, 5.41) is 9.38. The predicted molar refractivity (Wildman–Crippen MR) is 98.4 cm³/mol. The van der Waals surface area contributed by atoms with E-state index in [-0.39, 0.29) is 12.4 Å². The maximum atomic E-state index is 12.2. The first kappa shape index (κ1) is 18.2. The minimum absolute atomic E-state index is 0.0135. The van der Waals surface area contributed by atoms with Crippen molar-refractivity contribution >= 4 is 17.3 Å². The molecular formula is C21H18N2O4. The van der Waals surface area contributed by atoms with Gasteiger partial charge in [-0.25, -0.2) is 4.79 Å². The molecule has 0 aliphatic heterocycles. The number of benzene rings is 1. The molecule has 0 N–H and O–H groups in total. The zero-order valence-corrected chi connectivity index (χ0v) is 15.0. The average Bonchev–Trinajstić information content (AvgIpc) is 3.03. The first-order chi connectivity index (χ1) is 13.0. The number of ether oxygens (including phenoxy) is 2. The van der Waals surface area contributed by atoms with Gasteiger partial charge in [0, 0.05) is 23.5 Å². The summed E-state index contributed by atoms with van der Waals surface area (Å²) in [6, 6.07) is 14.2. The van der Waals surface area contributed by atoms with Crippen molar-refractivity contribution in [3.05, 3.63) is 71.5 Å². The van der Waals surface area contributed by atoms with E-state index < -0.39 is 12.1 Å². The molecule has 0 bridgehead atoms. The molecule has 136 valence electrons. The van der Waals surface area contributed by atoms with Crippen molar-refractivity contribution in [2.75, 3.05) is 0 Å². The van der Waals surface area contributed by atoms with E-state index >= 15 is 0 Å². The molecule has 0 amide bonds. The van der Waals surface area contributed by atoms with Crippen LogP contribution in [-0.4, -0.2) is 22.3 Å². The molecule has 1 atom stereocenters. The van der Waals surface area contributed by atoms with Gasteiger partial charge in [0.1, 0.15) is 18.4 Å². The van der Waals surface area contributed by atoms with Crippen LogP contribution in [0.5, 0.6) is 5.75 Å². The average molecular weight is 362 g/mol. The highest BCUT2D eigenvalue weighted by Gasteiger charge is 2.18. The van der Waals surface area contributed by atoms with E-state index in [0.29, 0.717) is 22.4 Å². The smallest absolute Gasteiger partial charge is 0.347 e. The Labute approximate surface area is 156 Å². The van der Waals surface area contributed by atoms with Gasteiger partial charge in [0.15, 0.2) is 11.9 Å². The van der Waals surface area contributed by atoms with Crippen LogP contribution in [0, 0.1) is 11.3 Å². The van der Waals surface area contributed by atoms with E-state index in [1.807, 2.05) is 28.8 Å². The highest BCUT2D eigenvalue weighted by atomic mass is 16.6. The summed E-state index contributed by atoms with van der Waals surface area (Å²) in [5.41, 5.74) is 2.45. The minimum Gasteiger partial charge on any atom is -0.479 e. The van der Waals surface area contributed by atoms with Gasteiger partial charge in [-0.1, -0.05) is 6.07 Å². The number of aromatic nitrogens is 1. The van der Waals surface area contributed by atoms with Gasteiger partial charge in [-0.05, 0) is 50.2 Å². The predicted octanol–water partition coefficient (Wildman–Crippen LogP) is 3.52. The number of hydrogen-bond acceptors (Lipinski definition) is 5. The van der Waals surface area contributed by atoms with Crippen LogP contribution in [0.25, 0.3) is 5.52 Å². The maximum absolute atomic E-state index is 12.2. The van der Waals surface area contributed by atoms with E-state index in [1.165, 1.54) is 6.92 Å². The number of esters is 1. The number of hydrogen-bond donors (Lipinski definition) is 0. The second-order valence-corrected chi connectivity index (χ2v) is 6.08. The van der Waals surface area contributed by atoms with Gasteiger partial charge in [0.05, 0.1) is 11.1 Å². The Morgan fingerprint density at radius 3 is 2.59 bits per heavy atom. The molecule has 1 aromatic carbocycles. The molecule has 2 aromatic heterocycles. The van der Waals surface area contributed by atoms with Gasteiger partial charge in [-0.2, -0.15) is 5.26 Å². The van der Waals surface area contributed by atoms with E-state index in [2.05, 4.69) is 6.07 Å². The second kappa shape index (κ2) is 7.75. The third kappa shape index (κ3) is 3.98. The number of carbonyl (C=O) groups excluding carboxylic acids is 2. The Morgan fingerprint density at radius 2 is 1.93 bits per heavy atom. The lowest BCUT2D eigenvalue weighted by Crippen LogP contribution is -2.26. The highest BCUT2D eigenvalue weighted by molar-refractivity contribution is 5.94. The van der Waals surface area contributed by atoms with Crippen LogP contribution in [0.3, 0.4) is 0 Å². The Bertz CT molecular complexity index is 1030. The molecular weight excluding hydrogens is 344 g/mol. The molecule has 0 saturated heterocycles. The molecule has 6 heteroatoms. The van der Waals surface area contributed by atoms with Crippen molar-refractivity contribution in [1.82, 2.24) is 4.40 Å². The van der Waals surface area contributed by atoms with Gasteiger partial charge in [0.25, 0.3) is 0 Å². The number of rotatable bonds is 6. The lowest BCUT2D eigenvalue weighted by molar-refractivity contribution is -0.152. The summed E-state index contributed by atoms with van der Waals surface area (Å²) in [5.74, 6) is -0.108. The highest BCUT2D eigenvalue weighted by Crippen LogP contribution is 2.19. The van der Waals surface area contributed by atoms with Crippen LogP contribution in [0.4, 0.5) is 0 Å². The van der Waals surface area contributed by atoms with Crippen molar-refractivity contribution in [1.29, 1.82) is 5.26 Å². The van der Waals surface area contributed by atoms with E-state index in [4.69, 9.17) is 9.47 Å². The van der Waals surface area contributed by atoms with Crippen molar-refractivity contribution < 1.29 is 19.1 Å². The summed E-state index contributed by atoms with van der Waals surface area (Å²) in [4.78, 5) is 23.5. The Kier molecular flexibility index (Phi) is 5.23. The molecule has 27 heavy (non-hydrogen) atoms. The van der Waals surface area contributed by atoms with Gasteiger partial charge >= 0.3 is 5.97 Å². The fourth-order valence-corrected chi connectivity index (χ4v) is 2.70. The van der Waals surface area contributed by atoms with Crippen molar-refractivity contribution in [3.63, 3.8) is 0 Å². The number of fused-ring (bicyclic) bond motifs is 1. The van der Waals surface area contributed by atoms with Gasteiger partial charge in [-0.15, -0.1) is 0 Å². The van der Waals surface area contributed by atoms with Crippen LogP contribution < -0.4 is 4.74 Å². The number of carbonyl (C=O) groups is 2. The van der Waals surface area contributed by atoms with Crippen LogP contribution >= 0.6 is 0 Å². The Balaban J connectivity index is 1.63. The Hall–Kier alpha value is -3.59. The van der Waals surface area contributed by atoms with E-state index in [0.717, 1.165) is 5.52 Å². The molecule has 3 aromatic rings. The molecule has 0 spiro atoms. The summed E-state index contributed by atoms with van der Waals surface area (Å²) in [7, 11) is 0. The van der Waals surface area contributed by atoms with Gasteiger partial charge in [-0.3, -0.25) is 4.79 Å². The zero-order chi connectivity index (χ0) is 19.4. The fraction of sp³-hybridized carbons (Fsp3) is 0.190. The SMILES string of the molecule is CC(=O)c1ccc(O[C@@H](C)C(=O)OCc2cn3ccccc3c2C#N)cc1. The maximum Gasteiger partial charge on any atom is 0.347 e. The summed E-state index contributed by atoms with van der Waals surface area (Å²) in [6.45, 7) is 3.06. The van der Waals surface area contributed by atoms with Crippen LogP contribution in [0.15, 0.2) is 54.9 Å². The molecule has 3 rings (SSSR count). The number of nitrogens with zero attached hydrogens (tertiary/aromatic N) is 2. The van der Waals surface area contributed by atoms with Crippen molar-refractivity contribution in [2.24, 2.45) is 0 Å². The molecule has 0 fully saturated rings. The third-order valence-electron chi connectivity index (χ3n) is 4.15. The molecule has 0 unspecified atom stereocenters. The first-order valence-corrected chi connectivity index (χ1v) is 8.42. The van der Waals surface area contributed by atoms with Crippen molar-refractivity contribution in [2.45, 2.75) is 26.6 Å². The quantitative estimate of drug-likeness (QED) is 0.495. The van der Waals surface area contributed by atoms with Gasteiger partial charge in [0.2, 0.25) is 0 Å². The lowest BCUT2D eigenvalue weighted by Gasteiger charge is -2.14. The van der Waals surface area contributed by atoms with Crippen LogP contribution in [0.1, 0.15) is 35.3 Å². The fourth-order valence-electron chi connectivity index (χ4n) is 2.70. The van der Waals surface area contributed by atoms with E-state index in [1.54, 1.807) is 37.4 Å². The van der Waals surface area contributed by atoms with E-state index in [9.17, 15) is 14.9 Å². The standard InChI is InChI=1S/C21H18N2O4/c1-14(24)16-6-8-18(9-7-16)27-15(2)21(25)26-13-17-12-23-10-4-3-5-20(23)19(17)11-22/h3-10,12,15H,13H2,1-2H3/t15-/m0/s1. The molecule has 0 radical (unpaired) electrons. The number of Topliss-reactive ketones (excluding diaryl/α,β-unsaturated/α-hetero) is 1. The number of ketones is 1. The largest absolute Gasteiger partial charge is 0.479 e. The zero-order valence-electron chi connectivity index (χ0n) is 15.0. The second-order valence-electron chi connectivity index (χ2n) is 6.08. The topological polar surface area (TPSA) is 80.8 Å². The first-order valence-electron chi connectivity index (χ1n) is 8.42.